The molecule has 0 saturated heterocycles. The second-order valence-corrected chi connectivity index (χ2v) is 7.16. The number of anilines is 3. The summed E-state index contributed by atoms with van der Waals surface area (Å²) in [5, 5.41) is 6.23. The van der Waals surface area contributed by atoms with Gasteiger partial charge in [0.2, 0.25) is 0 Å². The zero-order valence-electron chi connectivity index (χ0n) is 16.7. The van der Waals surface area contributed by atoms with Crippen LogP contribution in [0.2, 0.25) is 0 Å². The lowest BCUT2D eigenvalue weighted by molar-refractivity contribution is 0.255. The molecule has 0 radical (unpaired) electrons. The van der Waals surface area contributed by atoms with E-state index in [0.29, 0.717) is 11.6 Å². The summed E-state index contributed by atoms with van der Waals surface area (Å²) >= 11 is 0. The molecule has 4 heterocycles. The maximum Gasteiger partial charge on any atom is 0.329 e. The molecular formula is C21H23N7O. The lowest BCUT2D eigenvalue weighted by Crippen LogP contribution is -2.42. The van der Waals surface area contributed by atoms with Crippen LogP contribution in [0, 0.1) is 13.8 Å². The molecule has 0 bridgehead atoms. The monoisotopic (exact) mass is 389 g/mol. The number of aromatic nitrogens is 4. The number of pyridine rings is 2. The van der Waals surface area contributed by atoms with Crippen molar-refractivity contribution in [3.05, 3.63) is 54.2 Å². The minimum atomic E-state index is -0.280. The lowest BCUT2D eigenvalue weighted by Gasteiger charge is -2.27. The predicted octanol–water partition coefficient (Wildman–Crippen LogP) is 3.79. The Hall–Kier alpha value is -3.55. The Morgan fingerprint density at radius 3 is 2.83 bits per heavy atom. The maximum atomic E-state index is 13.2. The first kappa shape index (κ1) is 18.8. The van der Waals surface area contributed by atoms with Gasteiger partial charge in [-0.1, -0.05) is 0 Å². The standard InChI is InChI=1S/C21H23N7O/c1-13-10-16(7-9-23-13)17-4-5-18-20(26-17)28(15(3)6-8-24-18)21(29)27-19-12-22-11-14(2)25-19/h4-5,7,9-12,15,24H,6,8H2,1-3H3,(H,25,27,29)/t15-/m1/s1. The van der Waals surface area contributed by atoms with E-state index in [9.17, 15) is 4.79 Å². The molecule has 8 nitrogen and oxygen atoms in total. The van der Waals surface area contributed by atoms with Crippen molar-refractivity contribution >= 4 is 23.4 Å². The average molecular weight is 389 g/mol. The number of nitrogens with zero attached hydrogens (tertiary/aromatic N) is 5. The highest BCUT2D eigenvalue weighted by molar-refractivity contribution is 6.03. The molecule has 4 rings (SSSR count). The van der Waals surface area contributed by atoms with Crippen molar-refractivity contribution in [1.29, 1.82) is 0 Å². The number of hydrogen-bond donors (Lipinski definition) is 2. The number of nitrogens with one attached hydrogen (secondary N) is 2. The number of carbonyl (C=O) groups excluding carboxylic acids is 1. The first-order chi connectivity index (χ1) is 14.0. The topological polar surface area (TPSA) is 95.9 Å². The quantitative estimate of drug-likeness (QED) is 0.692. The van der Waals surface area contributed by atoms with E-state index in [4.69, 9.17) is 4.98 Å². The summed E-state index contributed by atoms with van der Waals surface area (Å²) in [6.07, 6.45) is 5.75. The molecule has 0 aromatic carbocycles. The zero-order valence-corrected chi connectivity index (χ0v) is 16.7. The maximum absolute atomic E-state index is 13.2. The molecule has 1 aliphatic rings. The largest absolute Gasteiger partial charge is 0.382 e. The summed E-state index contributed by atoms with van der Waals surface area (Å²) in [6.45, 7) is 6.56. The van der Waals surface area contributed by atoms with Crippen molar-refractivity contribution in [3.8, 4) is 11.3 Å². The van der Waals surface area contributed by atoms with Crippen LogP contribution in [0.1, 0.15) is 24.7 Å². The number of fused-ring (bicyclic) bond motifs is 1. The van der Waals surface area contributed by atoms with Gasteiger partial charge < -0.3 is 5.32 Å². The number of hydrogen-bond acceptors (Lipinski definition) is 6. The lowest BCUT2D eigenvalue weighted by atomic mass is 10.1. The van der Waals surface area contributed by atoms with Gasteiger partial charge in [-0.15, -0.1) is 0 Å². The Kier molecular flexibility index (Phi) is 5.07. The molecule has 1 aliphatic heterocycles. The van der Waals surface area contributed by atoms with E-state index in [1.165, 1.54) is 6.20 Å². The molecule has 3 aromatic heterocycles. The highest BCUT2D eigenvalue weighted by atomic mass is 16.2. The van der Waals surface area contributed by atoms with Crippen LogP contribution in [0.4, 0.5) is 22.1 Å². The SMILES string of the molecule is Cc1cc(-c2ccc3c(n2)N(C(=O)Nc2cncc(C)n2)[C@H](C)CCN3)ccn1. The Morgan fingerprint density at radius 1 is 1.17 bits per heavy atom. The molecule has 0 unspecified atom stereocenters. The van der Waals surface area contributed by atoms with E-state index in [0.717, 1.165) is 41.3 Å². The smallest absolute Gasteiger partial charge is 0.329 e. The average Bonchev–Trinajstić information content (AvgIpc) is 2.85. The summed E-state index contributed by atoms with van der Waals surface area (Å²) in [7, 11) is 0. The van der Waals surface area contributed by atoms with Gasteiger partial charge in [0.05, 0.1) is 23.3 Å². The summed E-state index contributed by atoms with van der Waals surface area (Å²) < 4.78 is 0. The third-order valence-corrected chi connectivity index (χ3v) is 4.82. The fraction of sp³-hybridized carbons (Fsp3) is 0.286. The van der Waals surface area contributed by atoms with E-state index in [2.05, 4.69) is 25.6 Å². The minimum absolute atomic E-state index is 0.0385. The normalized spacial score (nSPS) is 15.8. The van der Waals surface area contributed by atoms with Crippen molar-refractivity contribution in [3.63, 3.8) is 0 Å². The molecular weight excluding hydrogens is 366 g/mol. The first-order valence-electron chi connectivity index (χ1n) is 9.58. The van der Waals surface area contributed by atoms with Crippen LogP contribution in [0.25, 0.3) is 11.3 Å². The Bertz CT molecular complexity index is 1050. The van der Waals surface area contributed by atoms with E-state index >= 15 is 0 Å². The highest BCUT2D eigenvalue weighted by Gasteiger charge is 2.29. The van der Waals surface area contributed by atoms with Crippen LogP contribution in [0.15, 0.2) is 42.9 Å². The van der Waals surface area contributed by atoms with E-state index in [1.54, 1.807) is 17.3 Å². The number of aryl methyl sites for hydroxylation is 2. The fourth-order valence-corrected chi connectivity index (χ4v) is 3.38. The van der Waals surface area contributed by atoms with Crippen LogP contribution in [-0.4, -0.2) is 38.6 Å². The van der Waals surface area contributed by atoms with Crippen LogP contribution < -0.4 is 15.5 Å². The van der Waals surface area contributed by atoms with Gasteiger partial charge in [-0.2, -0.15) is 0 Å². The number of amides is 2. The molecule has 2 amide bonds. The Morgan fingerprint density at radius 2 is 2.03 bits per heavy atom. The van der Waals surface area contributed by atoms with Gasteiger partial charge >= 0.3 is 6.03 Å². The van der Waals surface area contributed by atoms with E-state index in [-0.39, 0.29) is 12.1 Å². The van der Waals surface area contributed by atoms with Gasteiger partial charge in [0.25, 0.3) is 0 Å². The first-order valence-corrected chi connectivity index (χ1v) is 9.58. The Balaban J connectivity index is 1.72. The zero-order chi connectivity index (χ0) is 20.4. The van der Waals surface area contributed by atoms with Crippen molar-refractivity contribution < 1.29 is 4.79 Å². The summed E-state index contributed by atoms with van der Waals surface area (Å²) in [4.78, 5) is 32.4. The molecule has 0 aliphatic carbocycles. The molecule has 0 spiro atoms. The molecule has 0 saturated carbocycles. The van der Waals surface area contributed by atoms with Crippen LogP contribution in [-0.2, 0) is 0 Å². The van der Waals surface area contributed by atoms with Crippen LogP contribution in [0.5, 0.6) is 0 Å². The molecule has 0 fully saturated rings. The summed E-state index contributed by atoms with van der Waals surface area (Å²) in [6, 6.07) is 7.51. The van der Waals surface area contributed by atoms with Gasteiger partial charge in [0.1, 0.15) is 0 Å². The van der Waals surface area contributed by atoms with Crippen molar-refractivity contribution in [2.45, 2.75) is 33.2 Å². The van der Waals surface area contributed by atoms with Gasteiger partial charge in [-0.25, -0.2) is 14.8 Å². The molecule has 1 atom stereocenters. The molecule has 2 N–H and O–H groups in total. The van der Waals surface area contributed by atoms with Crippen molar-refractivity contribution in [2.75, 3.05) is 22.1 Å². The molecule has 148 valence electrons. The second kappa shape index (κ2) is 7.83. The molecule has 29 heavy (non-hydrogen) atoms. The summed E-state index contributed by atoms with van der Waals surface area (Å²) in [5.74, 6) is 1.02. The predicted molar refractivity (Wildman–Crippen MR) is 113 cm³/mol. The second-order valence-electron chi connectivity index (χ2n) is 7.16. The van der Waals surface area contributed by atoms with E-state index < -0.39 is 0 Å². The van der Waals surface area contributed by atoms with E-state index in [1.807, 2.05) is 45.0 Å². The number of urea groups is 1. The van der Waals surface area contributed by atoms with Crippen molar-refractivity contribution in [2.24, 2.45) is 0 Å². The number of rotatable bonds is 2. The highest BCUT2D eigenvalue weighted by Crippen LogP contribution is 2.32. The van der Waals surface area contributed by atoms with Gasteiger partial charge in [-0.3, -0.25) is 20.2 Å². The van der Waals surface area contributed by atoms with Crippen molar-refractivity contribution in [1.82, 2.24) is 19.9 Å². The van der Waals surface area contributed by atoms with Gasteiger partial charge in [0, 0.05) is 36.2 Å². The third-order valence-electron chi connectivity index (χ3n) is 4.82. The number of carbonyl (C=O) groups is 1. The Labute approximate surface area is 169 Å². The minimum Gasteiger partial charge on any atom is -0.382 e. The van der Waals surface area contributed by atoms with Gasteiger partial charge in [-0.05, 0) is 51.5 Å². The third kappa shape index (κ3) is 4.01. The van der Waals surface area contributed by atoms with Crippen LogP contribution >= 0.6 is 0 Å². The van der Waals surface area contributed by atoms with Gasteiger partial charge in [0.15, 0.2) is 11.6 Å². The molecule has 3 aromatic rings. The van der Waals surface area contributed by atoms with Crippen LogP contribution in [0.3, 0.4) is 0 Å². The fourth-order valence-electron chi connectivity index (χ4n) is 3.38. The molecule has 8 heteroatoms. The summed E-state index contributed by atoms with van der Waals surface area (Å²) in [5.41, 5.74) is 4.23.